The minimum atomic E-state index is -3.73. The highest BCUT2D eigenvalue weighted by atomic mass is 35.5. The molecule has 0 aromatic heterocycles. The zero-order chi connectivity index (χ0) is 30.5. The number of carbonyl (C=O) groups excluding carboxylic acids is 3. The van der Waals surface area contributed by atoms with Crippen LogP contribution in [0, 0.1) is 5.92 Å². The molecule has 2 fully saturated rings. The van der Waals surface area contributed by atoms with E-state index < -0.39 is 39.6 Å². The molecule has 1 aliphatic heterocycles. The van der Waals surface area contributed by atoms with Crippen LogP contribution in [-0.2, 0) is 30.7 Å². The van der Waals surface area contributed by atoms with Gasteiger partial charge in [0.25, 0.3) is 0 Å². The number of ether oxygens (including phenoxy) is 2. The Labute approximate surface area is 252 Å². The van der Waals surface area contributed by atoms with Crippen LogP contribution in [0.15, 0.2) is 59.5 Å². The molecule has 12 heteroatoms. The molecule has 4 rings (SSSR count). The van der Waals surface area contributed by atoms with Gasteiger partial charge in [0.15, 0.2) is 9.84 Å². The standard InChI is InChI=1S/C30H38ClN3O7S/c1-30(2,3)41-29(37)32-23-11-14-26(21(17-23)19-42(38,39)24-12-9-22(31)10-13-24)34-16-15-25(27(34)35)33-28(36)40-18-20-7-5-4-6-8-20/h4-10,12-13,21,23,25-26H,11,14-19H2,1-3H3,(H,32,37)(H,33,36). The van der Waals surface area contributed by atoms with Crippen LogP contribution in [0.2, 0.25) is 5.02 Å². The predicted molar refractivity (Wildman–Crippen MR) is 158 cm³/mol. The molecular weight excluding hydrogens is 582 g/mol. The second-order valence-corrected chi connectivity index (χ2v) is 14.3. The Morgan fingerprint density at radius 2 is 1.67 bits per heavy atom. The van der Waals surface area contributed by atoms with Gasteiger partial charge < -0.3 is 25.0 Å². The predicted octanol–water partition coefficient (Wildman–Crippen LogP) is 4.70. The summed E-state index contributed by atoms with van der Waals surface area (Å²) in [7, 11) is -3.73. The molecule has 2 aliphatic rings. The zero-order valence-electron chi connectivity index (χ0n) is 24.0. The van der Waals surface area contributed by atoms with Crippen LogP contribution in [0.3, 0.4) is 0 Å². The van der Waals surface area contributed by atoms with Crippen molar-refractivity contribution < 1.29 is 32.3 Å². The van der Waals surface area contributed by atoms with Gasteiger partial charge in [0.05, 0.1) is 10.6 Å². The fourth-order valence-corrected chi connectivity index (χ4v) is 7.33. The highest BCUT2D eigenvalue weighted by molar-refractivity contribution is 7.91. The number of halogens is 1. The van der Waals surface area contributed by atoms with E-state index in [-0.39, 0.29) is 35.2 Å². The van der Waals surface area contributed by atoms with E-state index in [0.717, 1.165) is 5.56 Å². The Kier molecular flexibility index (Phi) is 10.0. The molecule has 4 unspecified atom stereocenters. The Hall–Kier alpha value is -3.31. The number of hydrogen-bond acceptors (Lipinski definition) is 7. The summed E-state index contributed by atoms with van der Waals surface area (Å²) in [4.78, 5) is 40.2. The van der Waals surface area contributed by atoms with E-state index in [9.17, 15) is 22.8 Å². The Morgan fingerprint density at radius 1 is 0.976 bits per heavy atom. The first-order valence-corrected chi connectivity index (χ1v) is 16.1. The molecule has 42 heavy (non-hydrogen) atoms. The molecule has 1 heterocycles. The first-order valence-electron chi connectivity index (χ1n) is 14.1. The number of likely N-dealkylation sites (tertiary alicyclic amines) is 1. The van der Waals surface area contributed by atoms with E-state index in [1.165, 1.54) is 24.3 Å². The van der Waals surface area contributed by atoms with Gasteiger partial charge in [-0.2, -0.15) is 0 Å². The summed E-state index contributed by atoms with van der Waals surface area (Å²) in [5.74, 6) is -0.955. The van der Waals surface area contributed by atoms with Crippen LogP contribution in [0.5, 0.6) is 0 Å². The molecule has 0 radical (unpaired) electrons. The highest BCUT2D eigenvalue weighted by Gasteiger charge is 2.44. The molecule has 0 spiro atoms. The van der Waals surface area contributed by atoms with Crippen molar-refractivity contribution in [2.45, 2.75) is 81.7 Å². The number of nitrogens with zero attached hydrogens (tertiary/aromatic N) is 1. The van der Waals surface area contributed by atoms with Gasteiger partial charge in [0.1, 0.15) is 18.2 Å². The molecule has 2 aromatic carbocycles. The summed E-state index contributed by atoms with van der Waals surface area (Å²) in [5, 5.41) is 5.96. The van der Waals surface area contributed by atoms with Gasteiger partial charge in [-0.25, -0.2) is 18.0 Å². The summed E-state index contributed by atoms with van der Waals surface area (Å²) in [6.45, 7) is 5.76. The van der Waals surface area contributed by atoms with Crippen molar-refractivity contribution >= 4 is 39.5 Å². The number of sulfone groups is 1. The fourth-order valence-electron chi connectivity index (χ4n) is 5.53. The maximum absolute atomic E-state index is 13.5. The number of rotatable bonds is 8. The second kappa shape index (κ2) is 13.3. The fraction of sp³-hybridized carbons (Fsp3) is 0.500. The molecule has 10 nitrogen and oxygen atoms in total. The van der Waals surface area contributed by atoms with E-state index in [4.69, 9.17) is 21.1 Å². The normalized spacial score (nSPS) is 22.9. The SMILES string of the molecule is CC(C)(C)OC(=O)NC1CCC(N2CCC(NC(=O)OCc3ccccc3)C2=O)C(CS(=O)(=O)c2ccc(Cl)cc2)C1. The molecule has 2 N–H and O–H groups in total. The Morgan fingerprint density at radius 3 is 2.33 bits per heavy atom. The van der Waals surface area contributed by atoms with Crippen LogP contribution in [0.4, 0.5) is 9.59 Å². The Balaban J connectivity index is 1.45. The van der Waals surface area contributed by atoms with Gasteiger partial charge in [-0.05, 0) is 82.2 Å². The van der Waals surface area contributed by atoms with Gasteiger partial charge >= 0.3 is 12.2 Å². The zero-order valence-corrected chi connectivity index (χ0v) is 25.6. The van der Waals surface area contributed by atoms with Crippen molar-refractivity contribution in [2.75, 3.05) is 12.3 Å². The lowest BCUT2D eigenvalue weighted by Crippen LogP contribution is -2.53. The van der Waals surface area contributed by atoms with E-state index >= 15 is 0 Å². The molecule has 1 aliphatic carbocycles. The average molecular weight is 620 g/mol. The first kappa shape index (κ1) is 31.6. The largest absolute Gasteiger partial charge is 0.445 e. The quantitative estimate of drug-likeness (QED) is 0.438. The minimum absolute atomic E-state index is 0.0800. The lowest BCUT2D eigenvalue weighted by atomic mass is 9.81. The van der Waals surface area contributed by atoms with Crippen LogP contribution in [0.1, 0.15) is 52.0 Å². The van der Waals surface area contributed by atoms with Crippen molar-refractivity contribution in [3.05, 3.63) is 65.2 Å². The van der Waals surface area contributed by atoms with E-state index in [1.807, 2.05) is 30.3 Å². The lowest BCUT2D eigenvalue weighted by molar-refractivity contribution is -0.133. The smallest absolute Gasteiger partial charge is 0.408 e. The van der Waals surface area contributed by atoms with Crippen molar-refractivity contribution in [3.8, 4) is 0 Å². The topological polar surface area (TPSA) is 131 Å². The third-order valence-electron chi connectivity index (χ3n) is 7.41. The van der Waals surface area contributed by atoms with Gasteiger partial charge in [-0.15, -0.1) is 0 Å². The second-order valence-electron chi connectivity index (χ2n) is 11.8. The molecule has 228 valence electrons. The number of benzene rings is 2. The van der Waals surface area contributed by atoms with Crippen LogP contribution >= 0.6 is 11.6 Å². The van der Waals surface area contributed by atoms with Gasteiger partial charge in [-0.1, -0.05) is 41.9 Å². The number of nitrogens with one attached hydrogen (secondary N) is 2. The maximum Gasteiger partial charge on any atom is 0.408 e. The van der Waals surface area contributed by atoms with Gasteiger partial charge in [-0.3, -0.25) is 4.79 Å². The first-order chi connectivity index (χ1) is 19.8. The number of carbonyl (C=O) groups is 3. The molecule has 1 saturated carbocycles. The van der Waals surface area contributed by atoms with Crippen LogP contribution in [0.25, 0.3) is 0 Å². The summed E-state index contributed by atoms with van der Waals surface area (Å²) in [5.41, 5.74) is 0.152. The van der Waals surface area contributed by atoms with Crippen LogP contribution < -0.4 is 10.6 Å². The van der Waals surface area contributed by atoms with Gasteiger partial charge in [0, 0.05) is 23.7 Å². The third-order valence-corrected chi connectivity index (χ3v) is 9.52. The molecule has 0 bridgehead atoms. The summed E-state index contributed by atoms with van der Waals surface area (Å²) in [6.07, 6.45) is 0.497. The van der Waals surface area contributed by atoms with Crippen molar-refractivity contribution in [1.82, 2.24) is 15.5 Å². The summed E-state index contributed by atoms with van der Waals surface area (Å²) >= 11 is 5.96. The molecule has 4 atom stereocenters. The molecule has 2 aromatic rings. The number of alkyl carbamates (subject to hydrolysis) is 2. The van der Waals surface area contributed by atoms with Crippen LogP contribution in [-0.4, -0.2) is 67.4 Å². The summed E-state index contributed by atoms with van der Waals surface area (Å²) in [6, 6.07) is 13.7. The molecule has 1 saturated heterocycles. The highest BCUT2D eigenvalue weighted by Crippen LogP contribution is 2.34. The summed E-state index contributed by atoms with van der Waals surface area (Å²) < 4.78 is 37.6. The number of amides is 3. The van der Waals surface area contributed by atoms with Crippen molar-refractivity contribution in [1.29, 1.82) is 0 Å². The third kappa shape index (κ3) is 8.61. The molecular formula is C30H38ClN3O7S. The monoisotopic (exact) mass is 619 g/mol. The number of hydrogen-bond donors (Lipinski definition) is 2. The molecule has 3 amide bonds. The lowest BCUT2D eigenvalue weighted by Gasteiger charge is -2.41. The Bertz CT molecular complexity index is 1360. The van der Waals surface area contributed by atoms with Gasteiger partial charge in [0.2, 0.25) is 5.91 Å². The minimum Gasteiger partial charge on any atom is -0.445 e. The van der Waals surface area contributed by atoms with E-state index in [0.29, 0.717) is 37.3 Å². The van der Waals surface area contributed by atoms with Crippen molar-refractivity contribution in [2.24, 2.45) is 5.92 Å². The van der Waals surface area contributed by atoms with E-state index in [1.54, 1.807) is 25.7 Å². The van der Waals surface area contributed by atoms with Crippen molar-refractivity contribution in [3.63, 3.8) is 0 Å². The maximum atomic E-state index is 13.5. The average Bonchev–Trinajstić information content (AvgIpc) is 3.26. The van der Waals surface area contributed by atoms with E-state index in [2.05, 4.69) is 10.6 Å².